The van der Waals surface area contributed by atoms with Gasteiger partial charge in [-0.3, -0.25) is 35.1 Å². The molecule has 6 aromatic rings. The van der Waals surface area contributed by atoms with Crippen LogP contribution in [0.15, 0.2) is 161 Å². The lowest BCUT2D eigenvalue weighted by Crippen LogP contribution is -2.20. The predicted molar refractivity (Wildman–Crippen MR) is 430 cm³/mol. The van der Waals surface area contributed by atoms with Gasteiger partial charge >= 0.3 is 66.0 Å². The van der Waals surface area contributed by atoms with Crippen LogP contribution in [0, 0.1) is 5.92 Å². The van der Waals surface area contributed by atoms with Gasteiger partial charge in [-0.25, -0.2) is 52.7 Å². The number of aliphatic imine (C=N–C) groups is 3. The Morgan fingerprint density at radius 1 is 0.301 bits per heavy atom. The van der Waals surface area contributed by atoms with Gasteiger partial charge in [0.2, 0.25) is 18.2 Å². The second-order valence-electron chi connectivity index (χ2n) is 20.3. The van der Waals surface area contributed by atoms with Crippen molar-refractivity contribution in [2.24, 2.45) is 20.9 Å². The summed E-state index contributed by atoms with van der Waals surface area (Å²) in [4.78, 5) is 185. The van der Waals surface area contributed by atoms with Gasteiger partial charge in [0, 0.05) is 48.8 Å². The second kappa shape index (κ2) is 64.7. The molecule has 0 saturated carbocycles. The van der Waals surface area contributed by atoms with E-state index in [-0.39, 0.29) is 226 Å². The van der Waals surface area contributed by atoms with Gasteiger partial charge in [-0.2, -0.15) is 15.0 Å². The number of benzene rings is 6. The molecule has 32 nitrogen and oxygen atoms in total. The largest absolute Gasteiger partial charge is 0.462 e. The summed E-state index contributed by atoms with van der Waals surface area (Å²) in [6, 6.07) is 34.9. The first-order valence-corrected chi connectivity index (χ1v) is 30.2. The third-order valence-corrected chi connectivity index (χ3v) is 12.7. The Kier molecular flexibility index (Phi) is 66.1. The fourth-order valence-corrected chi connectivity index (χ4v) is 7.91. The number of isocyanates is 3. The van der Waals surface area contributed by atoms with Crippen LogP contribution < -0.4 is 16.0 Å². The van der Waals surface area contributed by atoms with Crippen LogP contribution in [0.3, 0.4) is 0 Å². The molecule has 0 radical (unpaired) electrons. The van der Waals surface area contributed by atoms with Crippen molar-refractivity contribution >= 4 is 124 Å². The maximum Gasteiger partial charge on any atom is 0.411 e. The monoisotopic (exact) mass is 1580 g/mol. The zero-order chi connectivity index (χ0) is 73.2. The smallest absolute Gasteiger partial charge is 0.411 e. The van der Waals surface area contributed by atoms with Crippen LogP contribution in [-0.2, 0) is 80.9 Å². The number of amides is 3. The number of hydrogen-bond acceptors (Lipinski definition) is 29. The third-order valence-electron chi connectivity index (χ3n) is 12.7. The van der Waals surface area contributed by atoms with Gasteiger partial charge in [0.1, 0.15) is 66.1 Å². The van der Waals surface area contributed by atoms with Crippen LogP contribution in [0.4, 0.5) is 48.5 Å². The summed E-state index contributed by atoms with van der Waals surface area (Å²) in [5.41, 5.74) is 3.52. The van der Waals surface area contributed by atoms with Crippen LogP contribution >= 0.6 is 0 Å². The summed E-state index contributed by atoms with van der Waals surface area (Å²) in [5, 5.41) is 7.37. The molecular formula is C81H112N6O26. The molecule has 0 spiro atoms. The Morgan fingerprint density at radius 2 is 0.522 bits per heavy atom. The molecule has 0 atom stereocenters. The van der Waals surface area contributed by atoms with Crippen molar-refractivity contribution in [3.8, 4) is 0 Å². The van der Waals surface area contributed by atoms with Crippen molar-refractivity contribution < 1.29 is 124 Å². The van der Waals surface area contributed by atoms with Gasteiger partial charge in [0.25, 0.3) is 0 Å². The van der Waals surface area contributed by atoms with E-state index in [1.807, 2.05) is 0 Å². The van der Waals surface area contributed by atoms with Gasteiger partial charge < -0.3 is 52.1 Å². The minimum absolute atomic E-state index is 0. The lowest BCUT2D eigenvalue weighted by atomic mass is 10.0. The summed E-state index contributed by atoms with van der Waals surface area (Å²) >= 11 is 0. The molecule has 0 aliphatic heterocycles. The highest BCUT2D eigenvalue weighted by atomic mass is 16.6. The van der Waals surface area contributed by atoms with Gasteiger partial charge in [-0.1, -0.05) is 96.0 Å². The molecule has 3 N–H and O–H groups in total. The number of esters is 8. The van der Waals surface area contributed by atoms with Crippen LogP contribution in [0.25, 0.3) is 0 Å². The SMILES string of the molecule is C.C.C.C.C.C.C.C.C.C.C.C.CC(=O)OCCOC(=O)Nc1ccc(C(=O)OCCCC(=O)c2ccc(N=C=O)cc2)cc1.CC(CC(=O)OCCOC(=O)Nc1ccc(C(=O)OCCOC(=O)c2ccc(N=C=O)cc2)cc1)CC(=O)OCCOC(=O)Nc1ccc(C(=O)OCCOC(=O)c2ccc(N=C=O)cc2)cc1. The van der Waals surface area contributed by atoms with Crippen LogP contribution in [0.1, 0.15) is 191 Å². The minimum Gasteiger partial charge on any atom is -0.462 e. The first kappa shape index (κ1) is 116. The van der Waals surface area contributed by atoms with Gasteiger partial charge in [0.05, 0.1) is 51.5 Å². The number of Topliss-reactive ketones (excluding diaryl/α,β-unsaturated/α-hetero) is 1. The Labute approximate surface area is 662 Å². The average Bonchev–Trinajstić information content (AvgIpc) is 0.916. The maximum atomic E-state index is 12.3. The summed E-state index contributed by atoms with van der Waals surface area (Å²) in [5.74, 6) is -5.65. The molecule has 6 aromatic carbocycles. The van der Waals surface area contributed by atoms with E-state index < -0.39 is 72.0 Å². The third kappa shape index (κ3) is 46.0. The molecule has 3 amide bonds. The van der Waals surface area contributed by atoms with Crippen molar-refractivity contribution in [2.45, 2.75) is 129 Å². The highest BCUT2D eigenvalue weighted by Gasteiger charge is 2.19. The number of anilines is 3. The predicted octanol–water partition coefficient (Wildman–Crippen LogP) is 17.2. The number of nitrogens with one attached hydrogen (secondary N) is 3. The van der Waals surface area contributed by atoms with E-state index in [0.717, 1.165) is 0 Å². The molecule has 0 aliphatic rings. The Balaban J connectivity index is -0.000000350. The molecular weight excluding hydrogens is 1470 g/mol. The van der Waals surface area contributed by atoms with Gasteiger partial charge in [-0.15, -0.1) is 0 Å². The van der Waals surface area contributed by atoms with Crippen LogP contribution in [0.5, 0.6) is 0 Å². The number of rotatable bonds is 35. The number of hydrogen-bond donors (Lipinski definition) is 3. The fourth-order valence-electron chi connectivity index (χ4n) is 7.91. The molecule has 0 fully saturated rings. The highest BCUT2D eigenvalue weighted by Crippen LogP contribution is 2.19. The molecule has 0 heterocycles. The number of carbonyl (C=O) groups is 12. The second-order valence-corrected chi connectivity index (χ2v) is 20.3. The molecule has 0 aliphatic carbocycles. The van der Waals surface area contributed by atoms with Crippen LogP contribution in [-0.4, -0.2) is 163 Å². The summed E-state index contributed by atoms with van der Waals surface area (Å²) in [7, 11) is 0. The van der Waals surface area contributed by atoms with E-state index in [4.69, 9.17) is 47.4 Å². The van der Waals surface area contributed by atoms with Crippen LogP contribution in [0.2, 0.25) is 0 Å². The van der Waals surface area contributed by atoms with Crippen molar-refractivity contribution in [2.75, 3.05) is 88.6 Å². The molecule has 0 bridgehead atoms. The molecule has 622 valence electrons. The standard InChI is InChI=1S/C46H42N4O18.C23H22N2O8.12CH4/c1-30(26-39(53)61-18-24-67-45(59)49-37-14-6-33(7-15-37)43(57)65-22-20-63-41(55)31-2-10-35(11-3-31)47-28-51)27-40(54)62-19-25-68-46(60)50-38-16-8-34(9-17-38)44(58)66-23-21-64-42(56)32-4-12-36(13-5-32)48-29-52;1-16(27)31-13-14-33-23(30)25-20-10-6-18(7-11-20)22(29)32-12-2-3-21(28)17-4-8-19(9-5-17)24-15-26;;;;;;;;;;;;/h2-17,30H,18-27H2,1H3,(H,49,59)(H,50,60);4-11H,2-3,12-14H2,1H3,(H,25,30);12*1H4. The van der Waals surface area contributed by atoms with E-state index in [1.54, 1.807) is 31.2 Å². The lowest BCUT2D eigenvalue weighted by Gasteiger charge is -2.12. The molecule has 0 saturated heterocycles. The van der Waals surface area contributed by atoms with E-state index in [1.165, 1.54) is 146 Å². The topological polar surface area (TPSA) is 431 Å². The van der Waals surface area contributed by atoms with Crippen molar-refractivity contribution in [1.82, 2.24) is 0 Å². The zero-order valence-electron chi connectivity index (χ0n) is 54.0. The van der Waals surface area contributed by atoms with E-state index in [2.05, 4.69) is 35.7 Å². The van der Waals surface area contributed by atoms with Crippen molar-refractivity contribution in [3.63, 3.8) is 0 Å². The van der Waals surface area contributed by atoms with Crippen molar-refractivity contribution in [1.29, 1.82) is 0 Å². The zero-order valence-corrected chi connectivity index (χ0v) is 54.0. The average molecular weight is 1590 g/mol. The molecule has 32 heteroatoms. The van der Waals surface area contributed by atoms with Gasteiger partial charge in [0.15, 0.2) is 5.78 Å². The Morgan fingerprint density at radius 3 is 0.779 bits per heavy atom. The minimum atomic E-state index is -0.859. The Bertz CT molecular complexity index is 3810. The summed E-state index contributed by atoms with van der Waals surface area (Å²) in [6.07, 6.45) is 2.01. The summed E-state index contributed by atoms with van der Waals surface area (Å²) in [6.45, 7) is 0.868. The quantitative estimate of drug-likeness (QED) is 0.00830. The van der Waals surface area contributed by atoms with Gasteiger partial charge in [-0.05, 0) is 158 Å². The summed E-state index contributed by atoms with van der Waals surface area (Å²) < 4.78 is 55.1. The van der Waals surface area contributed by atoms with E-state index in [9.17, 15) is 71.9 Å². The number of ketones is 1. The first-order chi connectivity index (χ1) is 48.7. The molecule has 0 unspecified atom stereocenters. The molecule has 0 aromatic heterocycles. The first-order valence-electron chi connectivity index (χ1n) is 30.2. The molecule has 6 rings (SSSR count). The fraction of sp³-hybridized carbons (Fsp3) is 0.370. The van der Waals surface area contributed by atoms with E-state index >= 15 is 0 Å². The molecule has 113 heavy (non-hydrogen) atoms. The van der Waals surface area contributed by atoms with Crippen molar-refractivity contribution in [3.05, 3.63) is 179 Å². The Hall–Kier alpha value is -13.3. The lowest BCUT2D eigenvalue weighted by molar-refractivity contribution is -0.148. The number of ether oxygens (including phenoxy) is 11. The van der Waals surface area contributed by atoms with E-state index in [0.29, 0.717) is 34.7 Å². The number of nitrogens with zero attached hydrogens (tertiary/aromatic N) is 3. The normalized spacial score (nSPS) is 9.22. The maximum absolute atomic E-state index is 12.3. The highest BCUT2D eigenvalue weighted by molar-refractivity contribution is 5.97. The number of carbonyl (C=O) groups excluding carboxylic acids is 15.